The van der Waals surface area contributed by atoms with Crippen LogP contribution in [0.3, 0.4) is 0 Å². The number of ether oxygens (including phenoxy) is 2. The molecule has 14 heteroatoms. The number of hydrogen-bond donors (Lipinski definition) is 2. The molecule has 1 saturated carbocycles. The Hall–Kier alpha value is -4.85. The smallest absolute Gasteiger partial charge is 0.387 e. The number of amides is 1. The summed E-state index contributed by atoms with van der Waals surface area (Å²) < 4.78 is 42.0. The molecule has 0 bridgehead atoms. The van der Waals surface area contributed by atoms with Gasteiger partial charge in [-0.2, -0.15) is 24.1 Å². The van der Waals surface area contributed by atoms with Crippen molar-refractivity contribution in [2.24, 2.45) is 7.05 Å². The molecule has 4 heterocycles. The highest BCUT2D eigenvalue weighted by atomic mass is 19.3. The van der Waals surface area contributed by atoms with Crippen LogP contribution in [-0.4, -0.2) is 57.9 Å². The summed E-state index contributed by atoms with van der Waals surface area (Å²) in [4.78, 5) is 17.4. The van der Waals surface area contributed by atoms with E-state index in [0.29, 0.717) is 23.6 Å². The Morgan fingerprint density at radius 1 is 1.15 bits per heavy atom. The number of aromatic nitrogens is 7. The van der Waals surface area contributed by atoms with E-state index < -0.39 is 18.6 Å². The summed E-state index contributed by atoms with van der Waals surface area (Å²) in [6, 6.07) is 5.88. The van der Waals surface area contributed by atoms with Crippen molar-refractivity contribution in [1.29, 1.82) is 0 Å². The molecule has 1 aliphatic rings. The molecule has 1 amide bonds. The second kappa shape index (κ2) is 11.0. The molecule has 12 nitrogen and oxygen atoms in total. The van der Waals surface area contributed by atoms with Gasteiger partial charge in [-0.05, 0) is 37.1 Å². The number of alkyl halides is 2. The van der Waals surface area contributed by atoms with Crippen LogP contribution in [0.1, 0.15) is 42.1 Å². The third kappa shape index (κ3) is 5.45. The van der Waals surface area contributed by atoms with E-state index in [4.69, 9.17) is 9.47 Å². The highest BCUT2D eigenvalue weighted by molar-refractivity contribution is 6.09. The number of carbonyl (C=O) groups is 1. The van der Waals surface area contributed by atoms with Crippen molar-refractivity contribution in [2.45, 2.75) is 44.4 Å². The van der Waals surface area contributed by atoms with Gasteiger partial charge in [-0.25, -0.2) is 9.50 Å². The standard InChI is InChI=1S/C27H26F2N8O4/c1-35-15-20(33-26(39)19-13-32-36-10-4-9-30-25(19)36)24(34-35)18-11-16(7-8-23(18)41-27(28)29)40-17-12-31-37(14-17)21-5-2-3-6-22(21)38/h4,7-15,21-22,27,38H,2-3,5-6H2,1H3,(H,33,39)/t21-,22-/m1/s1. The third-order valence-corrected chi connectivity index (χ3v) is 6.87. The van der Waals surface area contributed by atoms with Gasteiger partial charge in [0.05, 0.1) is 42.0 Å². The van der Waals surface area contributed by atoms with Gasteiger partial charge in [-0.15, -0.1) is 0 Å². The minimum atomic E-state index is -3.09. The number of aliphatic hydroxyl groups is 1. The number of aliphatic hydroxyl groups excluding tert-OH is 1. The fourth-order valence-corrected chi connectivity index (χ4v) is 5.00. The summed E-state index contributed by atoms with van der Waals surface area (Å²) >= 11 is 0. The van der Waals surface area contributed by atoms with Crippen LogP contribution in [0.4, 0.5) is 14.5 Å². The van der Waals surface area contributed by atoms with E-state index in [9.17, 15) is 18.7 Å². The Labute approximate surface area is 232 Å². The van der Waals surface area contributed by atoms with Crippen LogP contribution >= 0.6 is 0 Å². The maximum atomic E-state index is 13.3. The lowest BCUT2D eigenvalue weighted by molar-refractivity contribution is -0.0494. The summed E-state index contributed by atoms with van der Waals surface area (Å²) in [5, 5.41) is 26.0. The van der Waals surface area contributed by atoms with Gasteiger partial charge in [0.25, 0.3) is 5.91 Å². The Balaban J connectivity index is 1.30. The van der Waals surface area contributed by atoms with E-state index >= 15 is 0 Å². The molecular weight excluding hydrogens is 538 g/mol. The van der Waals surface area contributed by atoms with Crippen molar-refractivity contribution in [3.8, 4) is 28.5 Å². The maximum absolute atomic E-state index is 13.3. The molecule has 41 heavy (non-hydrogen) atoms. The molecular formula is C27H26F2N8O4. The molecule has 6 rings (SSSR count). The lowest BCUT2D eigenvalue weighted by Gasteiger charge is -2.27. The van der Waals surface area contributed by atoms with Crippen LogP contribution < -0.4 is 14.8 Å². The molecule has 0 saturated heterocycles. The highest BCUT2D eigenvalue weighted by Crippen LogP contribution is 2.39. The van der Waals surface area contributed by atoms with Crippen molar-refractivity contribution in [3.63, 3.8) is 0 Å². The lowest BCUT2D eigenvalue weighted by atomic mass is 9.93. The van der Waals surface area contributed by atoms with Crippen molar-refractivity contribution in [2.75, 3.05) is 5.32 Å². The lowest BCUT2D eigenvalue weighted by Crippen LogP contribution is -2.27. The average molecular weight is 565 g/mol. The zero-order valence-corrected chi connectivity index (χ0v) is 21.9. The first-order valence-corrected chi connectivity index (χ1v) is 13.0. The van der Waals surface area contributed by atoms with Gasteiger partial charge in [0, 0.05) is 25.6 Å². The highest BCUT2D eigenvalue weighted by Gasteiger charge is 2.26. The van der Waals surface area contributed by atoms with E-state index in [1.54, 1.807) is 42.6 Å². The molecule has 1 fully saturated rings. The summed E-state index contributed by atoms with van der Waals surface area (Å²) in [6.45, 7) is -3.09. The number of fused-ring (bicyclic) bond motifs is 1. The van der Waals surface area contributed by atoms with Crippen molar-refractivity contribution in [1.82, 2.24) is 34.2 Å². The predicted molar refractivity (Wildman–Crippen MR) is 142 cm³/mol. The number of nitrogens with zero attached hydrogens (tertiary/aromatic N) is 7. The first kappa shape index (κ1) is 26.4. The van der Waals surface area contributed by atoms with E-state index in [0.717, 1.165) is 19.3 Å². The molecule has 4 aromatic heterocycles. The molecule has 0 unspecified atom stereocenters. The van der Waals surface area contributed by atoms with E-state index in [1.807, 2.05) is 0 Å². The summed E-state index contributed by atoms with van der Waals surface area (Å²) in [5.74, 6) is 0.0562. The number of anilines is 1. The average Bonchev–Trinajstić information content (AvgIpc) is 3.68. The second-order valence-electron chi connectivity index (χ2n) is 9.68. The minimum absolute atomic E-state index is 0.137. The van der Waals surface area contributed by atoms with Crippen molar-refractivity contribution < 1.29 is 28.2 Å². The van der Waals surface area contributed by atoms with Crippen LogP contribution in [0.25, 0.3) is 16.9 Å². The number of aryl methyl sites for hydroxylation is 1. The maximum Gasteiger partial charge on any atom is 0.387 e. The normalized spacial score (nSPS) is 17.2. The molecule has 0 aliphatic heterocycles. The summed E-state index contributed by atoms with van der Waals surface area (Å²) in [7, 11) is 1.64. The van der Waals surface area contributed by atoms with Gasteiger partial charge in [0.2, 0.25) is 0 Å². The van der Waals surface area contributed by atoms with E-state index in [-0.39, 0.29) is 34.3 Å². The molecule has 2 N–H and O–H groups in total. The SMILES string of the molecule is Cn1cc(NC(=O)c2cnn3cccnc23)c(-c2cc(Oc3cnn([C@@H]4CCCC[C@H]4O)c3)ccc2OC(F)F)n1. The Kier molecular flexibility index (Phi) is 7.05. The van der Waals surface area contributed by atoms with Crippen LogP contribution in [0, 0.1) is 0 Å². The predicted octanol–water partition coefficient (Wildman–Crippen LogP) is 4.45. The largest absolute Gasteiger partial charge is 0.454 e. The number of rotatable bonds is 8. The third-order valence-electron chi connectivity index (χ3n) is 6.87. The number of nitrogens with one attached hydrogen (secondary N) is 1. The van der Waals surface area contributed by atoms with Gasteiger partial charge < -0.3 is 19.9 Å². The minimum Gasteiger partial charge on any atom is -0.454 e. The first-order valence-electron chi connectivity index (χ1n) is 13.0. The zero-order valence-electron chi connectivity index (χ0n) is 21.9. The second-order valence-corrected chi connectivity index (χ2v) is 9.68. The van der Waals surface area contributed by atoms with Crippen LogP contribution in [0.2, 0.25) is 0 Å². The van der Waals surface area contributed by atoms with Crippen LogP contribution in [0.15, 0.2) is 61.4 Å². The van der Waals surface area contributed by atoms with E-state index in [1.165, 1.54) is 39.8 Å². The number of carbonyl (C=O) groups excluding carboxylic acids is 1. The van der Waals surface area contributed by atoms with Crippen LogP contribution in [-0.2, 0) is 7.05 Å². The monoisotopic (exact) mass is 564 g/mol. The molecule has 1 aliphatic carbocycles. The van der Waals surface area contributed by atoms with Gasteiger partial charge in [-0.3, -0.25) is 14.2 Å². The fraction of sp³-hybridized carbons (Fsp3) is 0.296. The fourth-order valence-electron chi connectivity index (χ4n) is 5.00. The van der Waals surface area contributed by atoms with Crippen molar-refractivity contribution in [3.05, 3.63) is 67.0 Å². The molecule has 1 aromatic carbocycles. The molecule has 5 aromatic rings. The Bertz CT molecular complexity index is 1700. The van der Waals surface area contributed by atoms with Gasteiger partial charge in [0.1, 0.15) is 22.8 Å². The Morgan fingerprint density at radius 3 is 2.83 bits per heavy atom. The van der Waals surface area contributed by atoms with E-state index in [2.05, 4.69) is 25.6 Å². The zero-order chi connectivity index (χ0) is 28.5. The quantitative estimate of drug-likeness (QED) is 0.283. The number of halogens is 2. The Morgan fingerprint density at radius 2 is 2.00 bits per heavy atom. The molecule has 0 spiro atoms. The number of hydrogen-bond acceptors (Lipinski definition) is 8. The van der Waals surface area contributed by atoms with Crippen molar-refractivity contribution >= 4 is 17.2 Å². The summed E-state index contributed by atoms with van der Waals surface area (Å²) in [6.07, 6.45) is 12.4. The molecule has 0 radical (unpaired) electrons. The first-order chi connectivity index (χ1) is 19.9. The van der Waals surface area contributed by atoms with Gasteiger partial charge in [0.15, 0.2) is 11.4 Å². The number of benzene rings is 1. The topological polar surface area (TPSA) is 134 Å². The summed E-state index contributed by atoms with van der Waals surface area (Å²) in [5.41, 5.74) is 1.19. The molecule has 2 atom stereocenters. The molecule has 212 valence electrons. The van der Waals surface area contributed by atoms with Crippen LogP contribution in [0.5, 0.6) is 17.2 Å². The van der Waals surface area contributed by atoms with Gasteiger partial charge >= 0.3 is 6.61 Å². The van der Waals surface area contributed by atoms with Gasteiger partial charge in [-0.1, -0.05) is 12.8 Å².